The zero-order valence-corrected chi connectivity index (χ0v) is 13.0. The molecule has 1 nitrogen and oxygen atoms in total. The molecule has 1 aliphatic carbocycles. The van der Waals surface area contributed by atoms with Gasteiger partial charge in [-0.05, 0) is 61.4 Å². The van der Waals surface area contributed by atoms with Crippen molar-refractivity contribution in [2.24, 2.45) is 0 Å². The first kappa shape index (κ1) is 14.2. The van der Waals surface area contributed by atoms with Gasteiger partial charge in [0, 0.05) is 0 Å². The molecule has 0 bridgehead atoms. The summed E-state index contributed by atoms with van der Waals surface area (Å²) in [6.45, 7) is 4.28. The molecule has 1 N–H and O–H groups in total. The van der Waals surface area contributed by atoms with Gasteiger partial charge in [0.25, 0.3) is 0 Å². The van der Waals surface area contributed by atoms with Crippen molar-refractivity contribution in [3.8, 4) is 16.9 Å². The molecule has 0 radical (unpaired) electrons. The van der Waals surface area contributed by atoms with Gasteiger partial charge in [0.2, 0.25) is 0 Å². The first-order chi connectivity index (χ1) is 10.1. The van der Waals surface area contributed by atoms with Crippen molar-refractivity contribution in [2.75, 3.05) is 0 Å². The van der Waals surface area contributed by atoms with Crippen LogP contribution in [0.15, 0.2) is 36.4 Å². The van der Waals surface area contributed by atoms with Crippen LogP contribution in [0.25, 0.3) is 11.1 Å². The quantitative estimate of drug-likeness (QED) is 0.745. The van der Waals surface area contributed by atoms with Gasteiger partial charge in [0.05, 0.1) is 0 Å². The van der Waals surface area contributed by atoms with E-state index in [1.54, 1.807) is 0 Å². The average molecular weight is 280 g/mol. The maximum atomic E-state index is 9.94. The molecule has 0 amide bonds. The Morgan fingerprint density at radius 2 is 1.52 bits per heavy atom. The summed E-state index contributed by atoms with van der Waals surface area (Å²) in [5.74, 6) is 1.01. The molecule has 1 heteroatoms. The molecule has 0 aliphatic heterocycles. The summed E-state index contributed by atoms with van der Waals surface area (Å²) in [6, 6.07) is 12.6. The zero-order valence-electron chi connectivity index (χ0n) is 13.0. The molecule has 3 rings (SSSR count). The fourth-order valence-corrected chi connectivity index (χ4v) is 3.69. The molecule has 21 heavy (non-hydrogen) atoms. The van der Waals surface area contributed by atoms with Crippen molar-refractivity contribution in [3.05, 3.63) is 53.1 Å². The van der Waals surface area contributed by atoms with Crippen LogP contribution in [0.4, 0.5) is 0 Å². The number of hydrogen-bond acceptors (Lipinski definition) is 1. The Balaban J connectivity index is 2.09. The molecule has 0 aromatic heterocycles. The average Bonchev–Trinajstić information content (AvgIpc) is 2.47. The van der Waals surface area contributed by atoms with Crippen LogP contribution >= 0.6 is 0 Å². The number of hydrogen-bond donors (Lipinski definition) is 1. The van der Waals surface area contributed by atoms with Crippen molar-refractivity contribution in [1.82, 2.24) is 0 Å². The molecule has 0 atom stereocenters. The van der Waals surface area contributed by atoms with E-state index in [9.17, 15) is 5.11 Å². The van der Waals surface area contributed by atoms with Gasteiger partial charge in [-0.3, -0.25) is 0 Å². The Kier molecular flexibility index (Phi) is 4.01. The van der Waals surface area contributed by atoms with Crippen molar-refractivity contribution >= 4 is 0 Å². The summed E-state index contributed by atoms with van der Waals surface area (Å²) in [6.07, 6.45) is 6.59. The largest absolute Gasteiger partial charge is 0.508 e. The second-order valence-electron chi connectivity index (χ2n) is 6.48. The predicted octanol–water partition coefficient (Wildman–Crippen LogP) is 5.72. The lowest BCUT2D eigenvalue weighted by Gasteiger charge is -2.25. The second kappa shape index (κ2) is 5.93. The summed E-state index contributed by atoms with van der Waals surface area (Å²) in [4.78, 5) is 0. The van der Waals surface area contributed by atoms with Crippen LogP contribution in [0.5, 0.6) is 5.75 Å². The highest BCUT2D eigenvalue weighted by Crippen LogP contribution is 2.39. The highest BCUT2D eigenvalue weighted by Gasteiger charge is 2.19. The monoisotopic (exact) mass is 280 g/mol. The number of phenols is 1. The van der Waals surface area contributed by atoms with Crippen LogP contribution in [0.1, 0.15) is 54.7 Å². The third kappa shape index (κ3) is 3.12. The van der Waals surface area contributed by atoms with Gasteiger partial charge in [-0.25, -0.2) is 0 Å². The topological polar surface area (TPSA) is 20.2 Å². The Bertz CT molecular complexity index is 616. The molecule has 0 spiro atoms. The Morgan fingerprint density at radius 3 is 2.19 bits per heavy atom. The first-order valence-electron chi connectivity index (χ1n) is 8.05. The lowest BCUT2D eigenvalue weighted by atomic mass is 9.80. The van der Waals surface area contributed by atoms with Crippen molar-refractivity contribution in [1.29, 1.82) is 0 Å². The van der Waals surface area contributed by atoms with Crippen molar-refractivity contribution in [2.45, 2.75) is 51.9 Å². The van der Waals surface area contributed by atoms with Crippen LogP contribution in [-0.2, 0) is 0 Å². The zero-order chi connectivity index (χ0) is 14.8. The standard InChI is InChI=1S/C20H24O/c1-14-10-15(2)12-17(11-14)20-13-18(21)8-9-19(20)16-6-4-3-5-7-16/h8-13,16,21H,3-7H2,1-2H3. The van der Waals surface area contributed by atoms with E-state index in [1.165, 1.54) is 59.9 Å². The molecule has 2 aromatic rings. The van der Waals surface area contributed by atoms with Gasteiger partial charge < -0.3 is 5.11 Å². The number of rotatable bonds is 2. The minimum atomic E-state index is 0.365. The maximum Gasteiger partial charge on any atom is 0.116 e. The Labute approximate surface area is 127 Å². The number of aryl methyl sites for hydroxylation is 2. The minimum absolute atomic E-state index is 0.365. The minimum Gasteiger partial charge on any atom is -0.508 e. The molecule has 0 saturated heterocycles. The fraction of sp³-hybridized carbons (Fsp3) is 0.400. The van der Waals surface area contributed by atoms with E-state index in [0.29, 0.717) is 11.7 Å². The third-order valence-corrected chi connectivity index (χ3v) is 4.61. The van der Waals surface area contributed by atoms with E-state index < -0.39 is 0 Å². The molecule has 0 unspecified atom stereocenters. The lowest BCUT2D eigenvalue weighted by Crippen LogP contribution is -2.06. The Morgan fingerprint density at radius 1 is 0.857 bits per heavy atom. The molecule has 2 aromatic carbocycles. The smallest absolute Gasteiger partial charge is 0.116 e. The van der Waals surface area contributed by atoms with E-state index in [0.717, 1.165) is 0 Å². The van der Waals surface area contributed by atoms with E-state index in [2.05, 4.69) is 38.1 Å². The van der Waals surface area contributed by atoms with Gasteiger partial charge in [-0.1, -0.05) is 54.7 Å². The molecular weight excluding hydrogens is 256 g/mol. The highest BCUT2D eigenvalue weighted by molar-refractivity contribution is 5.71. The summed E-state index contributed by atoms with van der Waals surface area (Å²) in [5.41, 5.74) is 6.43. The third-order valence-electron chi connectivity index (χ3n) is 4.61. The van der Waals surface area contributed by atoms with Gasteiger partial charge in [0.1, 0.15) is 5.75 Å². The number of benzene rings is 2. The normalized spacial score (nSPS) is 16.1. The van der Waals surface area contributed by atoms with E-state index in [-0.39, 0.29) is 0 Å². The van der Waals surface area contributed by atoms with Crippen LogP contribution in [0.2, 0.25) is 0 Å². The lowest BCUT2D eigenvalue weighted by molar-refractivity contribution is 0.442. The molecule has 1 fully saturated rings. The number of phenolic OH excluding ortho intramolecular Hbond substituents is 1. The van der Waals surface area contributed by atoms with Gasteiger partial charge >= 0.3 is 0 Å². The number of aromatic hydroxyl groups is 1. The van der Waals surface area contributed by atoms with Crippen molar-refractivity contribution in [3.63, 3.8) is 0 Å². The van der Waals surface area contributed by atoms with Crippen LogP contribution in [0.3, 0.4) is 0 Å². The van der Waals surface area contributed by atoms with Crippen LogP contribution in [0, 0.1) is 13.8 Å². The fourth-order valence-electron chi connectivity index (χ4n) is 3.69. The molecule has 0 heterocycles. The van der Waals surface area contributed by atoms with E-state index >= 15 is 0 Å². The van der Waals surface area contributed by atoms with E-state index in [1.807, 2.05) is 12.1 Å². The predicted molar refractivity (Wildman–Crippen MR) is 88.8 cm³/mol. The first-order valence-corrected chi connectivity index (χ1v) is 8.05. The summed E-state index contributed by atoms with van der Waals surface area (Å²) >= 11 is 0. The van der Waals surface area contributed by atoms with E-state index in [4.69, 9.17) is 0 Å². The van der Waals surface area contributed by atoms with Crippen LogP contribution in [-0.4, -0.2) is 5.11 Å². The highest BCUT2D eigenvalue weighted by atomic mass is 16.3. The molecule has 110 valence electrons. The maximum absolute atomic E-state index is 9.94. The van der Waals surface area contributed by atoms with Gasteiger partial charge in [-0.2, -0.15) is 0 Å². The summed E-state index contributed by atoms with van der Waals surface area (Å²) in [5, 5.41) is 9.94. The molecular formula is C20H24O. The Hall–Kier alpha value is -1.76. The summed E-state index contributed by atoms with van der Waals surface area (Å²) in [7, 11) is 0. The second-order valence-corrected chi connectivity index (χ2v) is 6.48. The summed E-state index contributed by atoms with van der Waals surface area (Å²) < 4.78 is 0. The SMILES string of the molecule is Cc1cc(C)cc(-c2cc(O)ccc2C2CCCCC2)c1. The molecule has 1 saturated carbocycles. The van der Waals surface area contributed by atoms with Gasteiger partial charge in [-0.15, -0.1) is 0 Å². The van der Waals surface area contributed by atoms with Crippen molar-refractivity contribution < 1.29 is 5.11 Å². The van der Waals surface area contributed by atoms with Crippen LogP contribution < -0.4 is 0 Å². The molecule has 1 aliphatic rings. The van der Waals surface area contributed by atoms with Gasteiger partial charge in [0.15, 0.2) is 0 Å².